The summed E-state index contributed by atoms with van der Waals surface area (Å²) in [6.45, 7) is 4.94. The van der Waals surface area contributed by atoms with E-state index < -0.39 is 0 Å². The Labute approximate surface area is 141 Å². The van der Waals surface area contributed by atoms with Crippen LogP contribution in [0.1, 0.15) is 23.0 Å². The van der Waals surface area contributed by atoms with Crippen molar-refractivity contribution < 1.29 is 9.53 Å². The molecule has 1 atom stereocenters. The van der Waals surface area contributed by atoms with E-state index in [0.717, 1.165) is 30.0 Å². The molecule has 0 saturated carbocycles. The lowest BCUT2D eigenvalue weighted by molar-refractivity contribution is -0.128. The van der Waals surface area contributed by atoms with Gasteiger partial charge in [-0.15, -0.1) is 0 Å². The first kappa shape index (κ1) is 16.5. The molecule has 24 heavy (non-hydrogen) atoms. The largest absolute Gasteiger partial charge is 0.379 e. The number of aromatic nitrogens is 3. The van der Waals surface area contributed by atoms with Crippen LogP contribution in [-0.4, -0.2) is 52.1 Å². The van der Waals surface area contributed by atoms with Gasteiger partial charge in [0.05, 0.1) is 37.3 Å². The summed E-state index contributed by atoms with van der Waals surface area (Å²) in [6.07, 6.45) is 6.83. The van der Waals surface area contributed by atoms with E-state index in [9.17, 15) is 4.79 Å². The molecule has 0 radical (unpaired) electrons. The zero-order valence-corrected chi connectivity index (χ0v) is 13.7. The first-order valence-corrected chi connectivity index (χ1v) is 8.01. The fourth-order valence-electron chi connectivity index (χ4n) is 2.69. The molecule has 0 aliphatic carbocycles. The third kappa shape index (κ3) is 4.12. The first-order chi connectivity index (χ1) is 11.7. The van der Waals surface area contributed by atoms with Gasteiger partial charge in [-0.25, -0.2) is 0 Å². The Balaban J connectivity index is 1.72. The number of nitrogens with one attached hydrogen (secondary N) is 1. The molecule has 1 aliphatic heterocycles. The number of nitrogens with zero attached hydrogens (tertiary/aromatic N) is 4. The van der Waals surface area contributed by atoms with E-state index in [1.165, 1.54) is 0 Å². The number of morpholine rings is 1. The van der Waals surface area contributed by atoms with Gasteiger partial charge in [-0.3, -0.25) is 24.6 Å². The lowest BCUT2D eigenvalue weighted by Crippen LogP contribution is -2.45. The number of pyridine rings is 1. The predicted octanol–water partition coefficient (Wildman–Crippen LogP) is 0.870. The van der Waals surface area contributed by atoms with Crippen LogP contribution in [0.2, 0.25) is 0 Å². The topological polar surface area (TPSA) is 80.2 Å². The number of carbonyl (C=O) groups is 1. The average molecular weight is 327 g/mol. The smallest absolute Gasteiger partial charge is 0.242 e. The van der Waals surface area contributed by atoms with Crippen LogP contribution in [0, 0.1) is 6.92 Å². The summed E-state index contributed by atoms with van der Waals surface area (Å²) in [5.74, 6) is -0.0627. The van der Waals surface area contributed by atoms with Crippen LogP contribution in [-0.2, 0) is 16.1 Å². The normalized spacial score (nSPS) is 16.5. The average Bonchev–Trinajstić information content (AvgIpc) is 2.63. The maximum Gasteiger partial charge on any atom is 0.242 e. The number of hydrogen-bond donors (Lipinski definition) is 1. The van der Waals surface area contributed by atoms with Crippen molar-refractivity contribution in [2.24, 2.45) is 0 Å². The number of carbonyl (C=O) groups excluding carboxylic acids is 1. The Morgan fingerprint density at radius 1 is 1.29 bits per heavy atom. The van der Waals surface area contributed by atoms with Crippen molar-refractivity contribution in [2.45, 2.75) is 19.5 Å². The van der Waals surface area contributed by atoms with Crippen LogP contribution in [0.25, 0.3) is 0 Å². The van der Waals surface area contributed by atoms with Crippen molar-refractivity contribution in [1.29, 1.82) is 0 Å². The molecule has 0 spiro atoms. The minimum Gasteiger partial charge on any atom is -0.379 e. The van der Waals surface area contributed by atoms with Gasteiger partial charge in [0.2, 0.25) is 5.91 Å². The molecule has 7 heteroatoms. The SMILES string of the molecule is Cc1cnc(CNC(=O)[C@H](c2cccnc2)N2CCOCC2)cn1. The molecule has 2 aromatic rings. The van der Waals surface area contributed by atoms with Crippen molar-refractivity contribution in [1.82, 2.24) is 25.2 Å². The summed E-state index contributed by atoms with van der Waals surface area (Å²) >= 11 is 0. The third-order valence-corrected chi connectivity index (χ3v) is 3.94. The Hall–Kier alpha value is -2.38. The van der Waals surface area contributed by atoms with Gasteiger partial charge in [0, 0.05) is 31.7 Å². The molecule has 1 amide bonds. The minimum atomic E-state index is -0.374. The summed E-state index contributed by atoms with van der Waals surface area (Å²) in [7, 11) is 0. The monoisotopic (exact) mass is 327 g/mol. The summed E-state index contributed by atoms with van der Waals surface area (Å²) in [4.78, 5) is 27.6. The molecule has 126 valence electrons. The highest BCUT2D eigenvalue weighted by molar-refractivity contribution is 5.83. The van der Waals surface area contributed by atoms with Crippen LogP contribution in [0.4, 0.5) is 0 Å². The van der Waals surface area contributed by atoms with Crippen LogP contribution < -0.4 is 5.32 Å². The van der Waals surface area contributed by atoms with Gasteiger partial charge in [-0.1, -0.05) is 6.07 Å². The molecule has 1 aliphatic rings. The molecule has 1 N–H and O–H groups in total. The standard InChI is InChI=1S/C17H21N5O2/c1-13-9-20-15(11-19-13)12-21-17(23)16(14-3-2-4-18-10-14)22-5-7-24-8-6-22/h2-4,9-11,16H,5-8,12H2,1H3,(H,21,23)/t16-/m0/s1. The van der Waals surface area contributed by atoms with Crippen LogP contribution in [0.3, 0.4) is 0 Å². The van der Waals surface area contributed by atoms with Gasteiger partial charge in [-0.05, 0) is 18.6 Å². The highest BCUT2D eigenvalue weighted by Gasteiger charge is 2.29. The van der Waals surface area contributed by atoms with E-state index in [1.807, 2.05) is 19.1 Å². The van der Waals surface area contributed by atoms with E-state index in [4.69, 9.17) is 4.74 Å². The van der Waals surface area contributed by atoms with E-state index in [1.54, 1.807) is 24.8 Å². The number of aryl methyl sites for hydroxylation is 1. The highest BCUT2D eigenvalue weighted by atomic mass is 16.5. The van der Waals surface area contributed by atoms with Crippen molar-refractivity contribution in [3.63, 3.8) is 0 Å². The summed E-state index contributed by atoms with van der Waals surface area (Å²) in [5, 5.41) is 2.96. The van der Waals surface area contributed by atoms with Crippen LogP contribution in [0.15, 0.2) is 36.9 Å². The maximum absolute atomic E-state index is 12.8. The summed E-state index contributed by atoms with van der Waals surface area (Å²) < 4.78 is 5.40. The second-order valence-corrected chi connectivity index (χ2v) is 5.70. The molecule has 0 bridgehead atoms. The van der Waals surface area contributed by atoms with E-state index in [-0.39, 0.29) is 11.9 Å². The molecule has 3 rings (SSSR count). The van der Waals surface area contributed by atoms with Crippen molar-refractivity contribution in [3.05, 3.63) is 53.9 Å². The molecule has 0 aromatic carbocycles. The minimum absolute atomic E-state index is 0.0627. The van der Waals surface area contributed by atoms with Gasteiger partial charge < -0.3 is 10.1 Å². The fourth-order valence-corrected chi connectivity index (χ4v) is 2.69. The highest BCUT2D eigenvalue weighted by Crippen LogP contribution is 2.21. The quantitative estimate of drug-likeness (QED) is 0.878. The Morgan fingerprint density at radius 3 is 2.79 bits per heavy atom. The summed E-state index contributed by atoms with van der Waals surface area (Å²) in [6, 6.07) is 3.40. The lowest BCUT2D eigenvalue weighted by atomic mass is 10.1. The number of rotatable bonds is 5. The van der Waals surface area contributed by atoms with E-state index in [0.29, 0.717) is 19.8 Å². The number of hydrogen-bond acceptors (Lipinski definition) is 6. The Bertz CT molecular complexity index is 656. The van der Waals surface area contributed by atoms with Gasteiger partial charge in [0.1, 0.15) is 6.04 Å². The number of ether oxygens (including phenoxy) is 1. The van der Waals surface area contributed by atoms with Gasteiger partial charge in [0.15, 0.2) is 0 Å². The van der Waals surface area contributed by atoms with Crippen molar-refractivity contribution in [2.75, 3.05) is 26.3 Å². The van der Waals surface area contributed by atoms with E-state index in [2.05, 4.69) is 25.2 Å². The van der Waals surface area contributed by atoms with E-state index >= 15 is 0 Å². The molecule has 2 aromatic heterocycles. The molecule has 1 fully saturated rings. The zero-order chi connectivity index (χ0) is 16.8. The molecular weight excluding hydrogens is 306 g/mol. The Kier molecular flexibility index (Phi) is 5.45. The first-order valence-electron chi connectivity index (χ1n) is 8.01. The van der Waals surface area contributed by atoms with Gasteiger partial charge in [-0.2, -0.15) is 0 Å². The fraction of sp³-hybridized carbons (Fsp3) is 0.412. The molecule has 7 nitrogen and oxygen atoms in total. The lowest BCUT2D eigenvalue weighted by Gasteiger charge is -2.33. The predicted molar refractivity (Wildman–Crippen MR) is 88.0 cm³/mol. The maximum atomic E-state index is 12.8. The number of amides is 1. The Morgan fingerprint density at radius 2 is 2.12 bits per heavy atom. The van der Waals surface area contributed by atoms with Gasteiger partial charge in [0.25, 0.3) is 0 Å². The molecular formula is C17H21N5O2. The van der Waals surface area contributed by atoms with Gasteiger partial charge >= 0.3 is 0 Å². The molecule has 3 heterocycles. The molecule has 0 unspecified atom stereocenters. The van der Waals surface area contributed by atoms with Crippen LogP contribution in [0.5, 0.6) is 0 Å². The zero-order valence-electron chi connectivity index (χ0n) is 13.7. The second-order valence-electron chi connectivity index (χ2n) is 5.70. The summed E-state index contributed by atoms with van der Waals surface area (Å²) in [5.41, 5.74) is 2.47. The second kappa shape index (κ2) is 7.94. The van der Waals surface area contributed by atoms with Crippen molar-refractivity contribution >= 4 is 5.91 Å². The molecule has 1 saturated heterocycles. The van der Waals surface area contributed by atoms with Crippen molar-refractivity contribution in [3.8, 4) is 0 Å². The van der Waals surface area contributed by atoms with Crippen LogP contribution >= 0.6 is 0 Å². The third-order valence-electron chi connectivity index (χ3n) is 3.94.